The van der Waals surface area contributed by atoms with E-state index in [0.717, 1.165) is 25.3 Å². The van der Waals surface area contributed by atoms with Crippen LogP contribution in [0.15, 0.2) is 34.1 Å². The van der Waals surface area contributed by atoms with E-state index in [2.05, 4.69) is 58.5 Å². The van der Waals surface area contributed by atoms with Crippen LogP contribution < -0.4 is 10.1 Å². The van der Waals surface area contributed by atoms with Crippen molar-refractivity contribution in [1.29, 1.82) is 0 Å². The number of nitrogens with one attached hydrogen (secondary N) is 1. The lowest BCUT2D eigenvalue weighted by atomic mass is 10.0. The van der Waals surface area contributed by atoms with Crippen molar-refractivity contribution in [3.63, 3.8) is 0 Å². The normalized spacial score (nSPS) is 15.1. The monoisotopic (exact) mass is 337 g/mol. The van der Waals surface area contributed by atoms with Gasteiger partial charge in [0.2, 0.25) is 0 Å². The second-order valence-corrected chi connectivity index (χ2v) is 7.32. The molecule has 1 aromatic heterocycles. The highest BCUT2D eigenvalue weighted by Crippen LogP contribution is 2.28. The van der Waals surface area contributed by atoms with Gasteiger partial charge in [0.15, 0.2) is 0 Å². The number of halogens is 1. The maximum absolute atomic E-state index is 5.54. The molecule has 1 unspecified atom stereocenters. The van der Waals surface area contributed by atoms with E-state index < -0.39 is 0 Å². The summed E-state index contributed by atoms with van der Waals surface area (Å²) >= 11 is 5.27. The molecule has 4 heteroatoms. The van der Waals surface area contributed by atoms with E-state index in [4.69, 9.17) is 4.74 Å². The summed E-state index contributed by atoms with van der Waals surface area (Å²) in [4.78, 5) is 1.35. The van der Waals surface area contributed by atoms with Gasteiger partial charge >= 0.3 is 0 Å². The van der Waals surface area contributed by atoms with E-state index >= 15 is 0 Å². The lowest BCUT2D eigenvalue weighted by molar-refractivity contribution is 0.356. The Morgan fingerprint density at radius 1 is 1.37 bits per heavy atom. The Kier molecular flexibility index (Phi) is 3.91. The summed E-state index contributed by atoms with van der Waals surface area (Å²) < 4.78 is 6.73. The number of ether oxygens (including phenoxy) is 1. The SMILES string of the molecule is CC(NCc1ccc(Br)s1)c1ccc2c(c1)CCO2. The van der Waals surface area contributed by atoms with Gasteiger partial charge < -0.3 is 10.1 Å². The molecule has 2 aromatic rings. The number of fused-ring (bicyclic) bond motifs is 1. The third kappa shape index (κ3) is 3.02. The van der Waals surface area contributed by atoms with Gasteiger partial charge in [0.25, 0.3) is 0 Å². The van der Waals surface area contributed by atoms with Crippen molar-refractivity contribution in [3.8, 4) is 5.75 Å². The van der Waals surface area contributed by atoms with Crippen LogP contribution in [-0.4, -0.2) is 6.61 Å². The van der Waals surface area contributed by atoms with Gasteiger partial charge in [0, 0.05) is 23.9 Å². The van der Waals surface area contributed by atoms with Gasteiger partial charge in [0.05, 0.1) is 10.4 Å². The number of hydrogen-bond acceptors (Lipinski definition) is 3. The van der Waals surface area contributed by atoms with Crippen LogP contribution in [0.4, 0.5) is 0 Å². The summed E-state index contributed by atoms with van der Waals surface area (Å²) in [5.41, 5.74) is 2.67. The Morgan fingerprint density at radius 2 is 2.26 bits per heavy atom. The van der Waals surface area contributed by atoms with Gasteiger partial charge in [-0.25, -0.2) is 0 Å². The van der Waals surface area contributed by atoms with Crippen LogP contribution in [0, 0.1) is 0 Å². The summed E-state index contributed by atoms with van der Waals surface area (Å²) in [6.07, 6.45) is 1.04. The molecule has 0 fully saturated rings. The molecule has 0 bridgehead atoms. The summed E-state index contributed by atoms with van der Waals surface area (Å²) in [5.74, 6) is 1.05. The van der Waals surface area contributed by atoms with Crippen molar-refractivity contribution in [3.05, 3.63) is 50.1 Å². The van der Waals surface area contributed by atoms with Crippen LogP contribution in [0.3, 0.4) is 0 Å². The minimum absolute atomic E-state index is 0.353. The second-order valence-electron chi connectivity index (χ2n) is 4.77. The first kappa shape index (κ1) is 13.2. The van der Waals surface area contributed by atoms with Gasteiger partial charge in [-0.05, 0) is 52.2 Å². The Hall–Kier alpha value is -0.840. The third-order valence-corrected chi connectivity index (χ3v) is 5.05. The molecule has 1 aliphatic heterocycles. The molecule has 100 valence electrons. The Labute approximate surface area is 125 Å². The fourth-order valence-electron chi connectivity index (χ4n) is 2.29. The van der Waals surface area contributed by atoms with Crippen LogP contribution in [0.25, 0.3) is 0 Å². The van der Waals surface area contributed by atoms with Crippen LogP contribution >= 0.6 is 27.3 Å². The largest absolute Gasteiger partial charge is 0.493 e. The lowest BCUT2D eigenvalue weighted by Crippen LogP contribution is -2.17. The maximum atomic E-state index is 5.54. The first-order chi connectivity index (χ1) is 9.22. The zero-order valence-electron chi connectivity index (χ0n) is 10.8. The fourth-order valence-corrected chi connectivity index (χ4v) is 3.73. The molecule has 0 radical (unpaired) electrons. The van der Waals surface area contributed by atoms with E-state index in [1.807, 2.05) is 0 Å². The Balaban J connectivity index is 1.65. The molecular formula is C15H16BrNOS. The van der Waals surface area contributed by atoms with Gasteiger partial charge in [-0.2, -0.15) is 0 Å². The molecule has 2 nitrogen and oxygen atoms in total. The van der Waals surface area contributed by atoms with Gasteiger partial charge in [-0.15, -0.1) is 11.3 Å². The summed E-state index contributed by atoms with van der Waals surface area (Å²) in [5, 5.41) is 3.57. The standard InChI is InChI=1S/C15H16BrNOS/c1-10(17-9-13-3-5-15(16)19-13)11-2-4-14-12(8-11)6-7-18-14/h2-5,8,10,17H,6-7,9H2,1H3. The van der Waals surface area contributed by atoms with Crippen LogP contribution in [-0.2, 0) is 13.0 Å². The van der Waals surface area contributed by atoms with Crippen molar-refractivity contribution >= 4 is 27.3 Å². The highest BCUT2D eigenvalue weighted by Gasteiger charge is 2.14. The average Bonchev–Trinajstić information content (AvgIpc) is 3.03. The molecule has 19 heavy (non-hydrogen) atoms. The van der Waals surface area contributed by atoms with Crippen molar-refractivity contribution in [2.45, 2.75) is 25.9 Å². The van der Waals surface area contributed by atoms with Gasteiger partial charge in [-0.1, -0.05) is 12.1 Å². The first-order valence-corrected chi connectivity index (χ1v) is 8.06. The maximum Gasteiger partial charge on any atom is 0.122 e. The molecule has 2 heterocycles. The highest BCUT2D eigenvalue weighted by atomic mass is 79.9. The minimum Gasteiger partial charge on any atom is -0.493 e. The molecule has 0 saturated carbocycles. The number of hydrogen-bond donors (Lipinski definition) is 1. The fraction of sp³-hybridized carbons (Fsp3) is 0.333. The highest BCUT2D eigenvalue weighted by molar-refractivity contribution is 9.11. The van der Waals surface area contributed by atoms with E-state index in [1.165, 1.54) is 19.8 Å². The number of rotatable bonds is 4. The molecule has 3 rings (SSSR count). The third-order valence-electron chi connectivity index (χ3n) is 3.42. The molecule has 1 aromatic carbocycles. The average molecular weight is 338 g/mol. The zero-order valence-corrected chi connectivity index (χ0v) is 13.2. The molecular weight excluding hydrogens is 322 g/mol. The Morgan fingerprint density at radius 3 is 3.05 bits per heavy atom. The predicted molar refractivity (Wildman–Crippen MR) is 82.9 cm³/mol. The van der Waals surface area contributed by atoms with Crippen molar-refractivity contribution in [2.75, 3.05) is 6.61 Å². The molecule has 0 aliphatic carbocycles. The minimum atomic E-state index is 0.353. The summed E-state index contributed by atoms with van der Waals surface area (Å²) in [6, 6.07) is 11.1. The van der Waals surface area contributed by atoms with Gasteiger partial charge in [0.1, 0.15) is 5.75 Å². The molecule has 0 amide bonds. The smallest absolute Gasteiger partial charge is 0.122 e. The Bertz CT molecular complexity index is 581. The molecule has 1 atom stereocenters. The first-order valence-electron chi connectivity index (χ1n) is 6.45. The molecule has 1 aliphatic rings. The predicted octanol–water partition coefficient (Wildman–Crippen LogP) is 4.30. The second kappa shape index (κ2) is 5.65. The van der Waals surface area contributed by atoms with Gasteiger partial charge in [-0.3, -0.25) is 0 Å². The van der Waals surface area contributed by atoms with Crippen LogP contribution in [0.5, 0.6) is 5.75 Å². The van der Waals surface area contributed by atoms with E-state index in [0.29, 0.717) is 6.04 Å². The topological polar surface area (TPSA) is 21.3 Å². The lowest BCUT2D eigenvalue weighted by Gasteiger charge is -2.14. The van der Waals surface area contributed by atoms with Crippen molar-refractivity contribution in [2.24, 2.45) is 0 Å². The molecule has 0 saturated heterocycles. The quantitative estimate of drug-likeness (QED) is 0.898. The number of benzene rings is 1. The summed E-state index contributed by atoms with van der Waals surface area (Å²) in [6.45, 7) is 3.94. The number of thiophene rings is 1. The van der Waals surface area contributed by atoms with E-state index in [-0.39, 0.29) is 0 Å². The van der Waals surface area contributed by atoms with E-state index in [1.54, 1.807) is 11.3 Å². The molecule has 0 spiro atoms. The molecule has 1 N–H and O–H groups in total. The zero-order chi connectivity index (χ0) is 13.2. The van der Waals surface area contributed by atoms with E-state index in [9.17, 15) is 0 Å². The summed E-state index contributed by atoms with van der Waals surface area (Å²) in [7, 11) is 0. The van der Waals surface area contributed by atoms with Crippen LogP contribution in [0.1, 0.15) is 29.0 Å². The van der Waals surface area contributed by atoms with Crippen molar-refractivity contribution in [1.82, 2.24) is 5.32 Å². The van der Waals surface area contributed by atoms with Crippen LogP contribution in [0.2, 0.25) is 0 Å². The van der Waals surface area contributed by atoms with Crippen molar-refractivity contribution < 1.29 is 4.74 Å².